The predicted molar refractivity (Wildman–Crippen MR) is 90.4 cm³/mol. The van der Waals surface area contributed by atoms with Gasteiger partial charge in [-0.25, -0.2) is 0 Å². The lowest BCUT2D eigenvalue weighted by Crippen LogP contribution is -2.68. The van der Waals surface area contributed by atoms with Crippen LogP contribution in [-0.2, 0) is 9.53 Å². The van der Waals surface area contributed by atoms with Crippen molar-refractivity contribution in [1.82, 2.24) is 0 Å². The zero-order chi connectivity index (χ0) is 17.3. The van der Waals surface area contributed by atoms with Crippen LogP contribution in [0, 0.1) is 28.6 Å². The highest BCUT2D eigenvalue weighted by Crippen LogP contribution is 2.67. The number of carbonyl (C=O) groups excluding carboxylic acids is 1. The summed E-state index contributed by atoms with van der Waals surface area (Å²) in [5.41, 5.74) is -1.01. The first-order chi connectivity index (χ1) is 11.3. The number of Topliss-reactive ketones (excluding diaryl/α,β-unsaturated/α-hetero) is 1. The Hall–Kier alpha value is -0.450. The van der Waals surface area contributed by atoms with Crippen LogP contribution < -0.4 is 0 Å². The number of rotatable bonds is 1. The molecule has 24 heavy (non-hydrogen) atoms. The van der Waals surface area contributed by atoms with Gasteiger partial charge in [0.1, 0.15) is 5.60 Å². The molecule has 4 aliphatic carbocycles. The Kier molecular flexibility index (Phi) is 3.73. The Morgan fingerprint density at radius 3 is 2.50 bits per heavy atom. The molecular formula is C20H32O4. The lowest BCUT2D eigenvalue weighted by molar-refractivity contribution is -0.223. The maximum Gasteiger partial charge on any atom is 0.165 e. The molecule has 4 saturated carbocycles. The molecule has 4 aliphatic rings. The summed E-state index contributed by atoms with van der Waals surface area (Å²) in [5.74, 6) is 1.48. The van der Waals surface area contributed by atoms with Crippen LogP contribution in [-0.4, -0.2) is 40.9 Å². The standard InChI is InChI=1S/C20H32O4/c1-18-8-7-15-13(14(18)4-5-16(18)22)10-17(23)20(24-3)11-12(21)6-9-19(15,20)2/h12-16,21-22H,4-11H2,1-3H3/t12?,13-,14-,15+,16?,18-,19+,20?/m0/s1. The van der Waals surface area contributed by atoms with E-state index in [4.69, 9.17) is 4.74 Å². The second kappa shape index (κ2) is 5.28. The van der Waals surface area contributed by atoms with E-state index in [0.29, 0.717) is 30.6 Å². The molecule has 0 amide bonds. The highest BCUT2D eigenvalue weighted by atomic mass is 16.5. The minimum atomic E-state index is -0.809. The van der Waals surface area contributed by atoms with E-state index < -0.39 is 11.7 Å². The monoisotopic (exact) mass is 336 g/mol. The van der Waals surface area contributed by atoms with Crippen LogP contribution in [0.5, 0.6) is 0 Å². The average molecular weight is 336 g/mol. The summed E-state index contributed by atoms with van der Waals surface area (Å²) >= 11 is 0. The third-order valence-electron chi connectivity index (χ3n) is 8.87. The van der Waals surface area contributed by atoms with E-state index in [-0.39, 0.29) is 22.7 Å². The van der Waals surface area contributed by atoms with E-state index >= 15 is 0 Å². The predicted octanol–water partition coefficient (Wildman–Crippen LogP) is 2.70. The smallest absolute Gasteiger partial charge is 0.165 e. The zero-order valence-corrected chi connectivity index (χ0v) is 15.3. The van der Waals surface area contributed by atoms with Crippen molar-refractivity contribution in [1.29, 1.82) is 0 Å². The van der Waals surface area contributed by atoms with Crippen LogP contribution in [0.25, 0.3) is 0 Å². The summed E-state index contributed by atoms with van der Waals surface area (Å²) in [7, 11) is 1.65. The molecule has 136 valence electrons. The molecule has 0 heterocycles. The molecule has 4 fully saturated rings. The van der Waals surface area contributed by atoms with E-state index in [1.54, 1.807) is 7.11 Å². The van der Waals surface area contributed by atoms with E-state index in [0.717, 1.165) is 38.5 Å². The minimum Gasteiger partial charge on any atom is -0.393 e. The van der Waals surface area contributed by atoms with Gasteiger partial charge < -0.3 is 14.9 Å². The molecule has 4 nitrogen and oxygen atoms in total. The number of ketones is 1. The minimum absolute atomic E-state index is 0.0148. The number of ether oxygens (including phenoxy) is 1. The largest absolute Gasteiger partial charge is 0.393 e. The molecule has 0 radical (unpaired) electrons. The molecule has 0 aromatic heterocycles. The van der Waals surface area contributed by atoms with Gasteiger partial charge in [-0.1, -0.05) is 13.8 Å². The fourth-order valence-electron chi connectivity index (χ4n) is 7.40. The van der Waals surface area contributed by atoms with Crippen molar-refractivity contribution in [2.75, 3.05) is 7.11 Å². The van der Waals surface area contributed by atoms with Crippen molar-refractivity contribution in [3.8, 4) is 0 Å². The van der Waals surface area contributed by atoms with Crippen molar-refractivity contribution in [2.45, 2.75) is 83.0 Å². The average Bonchev–Trinajstić information content (AvgIpc) is 2.85. The van der Waals surface area contributed by atoms with Crippen LogP contribution in [0.3, 0.4) is 0 Å². The van der Waals surface area contributed by atoms with Crippen LogP contribution in [0.2, 0.25) is 0 Å². The molecule has 8 atom stereocenters. The van der Waals surface area contributed by atoms with E-state index in [2.05, 4.69) is 13.8 Å². The second-order valence-corrected chi connectivity index (χ2v) is 9.49. The molecule has 0 bridgehead atoms. The maximum atomic E-state index is 13.3. The van der Waals surface area contributed by atoms with Gasteiger partial charge >= 0.3 is 0 Å². The second-order valence-electron chi connectivity index (χ2n) is 9.49. The van der Waals surface area contributed by atoms with E-state index in [9.17, 15) is 15.0 Å². The fraction of sp³-hybridized carbons (Fsp3) is 0.950. The third-order valence-corrected chi connectivity index (χ3v) is 8.87. The molecule has 0 aliphatic heterocycles. The summed E-state index contributed by atoms with van der Waals surface area (Å²) in [4.78, 5) is 13.3. The van der Waals surface area contributed by atoms with Crippen LogP contribution in [0.15, 0.2) is 0 Å². The summed E-state index contributed by atoms with van der Waals surface area (Å²) in [6, 6.07) is 0. The van der Waals surface area contributed by atoms with Crippen molar-refractivity contribution < 1.29 is 19.7 Å². The van der Waals surface area contributed by atoms with Crippen molar-refractivity contribution in [3.05, 3.63) is 0 Å². The lowest BCUT2D eigenvalue weighted by atomic mass is 9.43. The van der Waals surface area contributed by atoms with Gasteiger partial charge in [0.2, 0.25) is 0 Å². The Labute approximate surface area is 145 Å². The van der Waals surface area contributed by atoms with Crippen molar-refractivity contribution >= 4 is 5.78 Å². The number of methoxy groups -OCH3 is 1. The quantitative estimate of drug-likeness (QED) is 0.773. The third kappa shape index (κ3) is 1.88. The van der Waals surface area contributed by atoms with Gasteiger partial charge in [0.15, 0.2) is 5.78 Å². The molecule has 4 rings (SSSR count). The number of hydrogen-bond donors (Lipinski definition) is 2. The topological polar surface area (TPSA) is 66.8 Å². The number of aliphatic hydroxyl groups is 2. The highest BCUT2D eigenvalue weighted by Gasteiger charge is 2.68. The van der Waals surface area contributed by atoms with Gasteiger partial charge in [0.05, 0.1) is 12.2 Å². The maximum absolute atomic E-state index is 13.3. The first-order valence-electron chi connectivity index (χ1n) is 9.73. The molecule has 0 aromatic rings. The van der Waals surface area contributed by atoms with Crippen LogP contribution in [0.4, 0.5) is 0 Å². The Bertz CT molecular complexity index is 548. The molecule has 4 heteroatoms. The first-order valence-corrected chi connectivity index (χ1v) is 9.73. The van der Waals surface area contributed by atoms with Gasteiger partial charge in [0.25, 0.3) is 0 Å². The van der Waals surface area contributed by atoms with E-state index in [1.165, 1.54) is 0 Å². The molecule has 3 unspecified atom stereocenters. The van der Waals surface area contributed by atoms with Gasteiger partial charge in [-0.05, 0) is 61.7 Å². The Morgan fingerprint density at radius 1 is 1.04 bits per heavy atom. The molecular weight excluding hydrogens is 304 g/mol. The Morgan fingerprint density at radius 2 is 1.79 bits per heavy atom. The lowest BCUT2D eigenvalue weighted by Gasteiger charge is -2.63. The van der Waals surface area contributed by atoms with Gasteiger partial charge in [-0.3, -0.25) is 4.79 Å². The van der Waals surface area contributed by atoms with Gasteiger partial charge in [-0.15, -0.1) is 0 Å². The SMILES string of the molecule is COC12CC(O)CC[C@]1(C)[C@@H]1CC[C@]3(C)C(O)CC[C@H]3[C@@H]1CC2=O. The normalized spacial score (nSPS) is 57.2. The van der Waals surface area contributed by atoms with Crippen molar-refractivity contribution in [3.63, 3.8) is 0 Å². The number of hydrogen-bond acceptors (Lipinski definition) is 4. The highest BCUT2D eigenvalue weighted by molar-refractivity contribution is 5.90. The van der Waals surface area contributed by atoms with E-state index in [1.807, 2.05) is 0 Å². The zero-order valence-electron chi connectivity index (χ0n) is 15.3. The number of fused-ring (bicyclic) bond motifs is 5. The molecule has 2 N–H and O–H groups in total. The Balaban J connectivity index is 1.74. The first kappa shape index (κ1) is 17.0. The van der Waals surface area contributed by atoms with Gasteiger partial charge in [-0.2, -0.15) is 0 Å². The summed E-state index contributed by atoms with van der Waals surface area (Å²) in [6.07, 6.45) is 6.04. The van der Waals surface area contributed by atoms with Crippen molar-refractivity contribution in [2.24, 2.45) is 28.6 Å². The molecule has 0 saturated heterocycles. The summed E-state index contributed by atoms with van der Waals surface area (Å²) < 4.78 is 5.92. The van der Waals surface area contributed by atoms with Crippen LogP contribution >= 0.6 is 0 Å². The summed E-state index contributed by atoms with van der Waals surface area (Å²) in [5, 5.41) is 20.8. The fourth-order valence-corrected chi connectivity index (χ4v) is 7.40. The van der Waals surface area contributed by atoms with Gasteiger partial charge in [0, 0.05) is 25.4 Å². The molecule has 0 aromatic carbocycles. The molecule has 0 spiro atoms. The summed E-state index contributed by atoms with van der Waals surface area (Å²) in [6.45, 7) is 4.48. The van der Waals surface area contributed by atoms with Crippen LogP contribution in [0.1, 0.15) is 65.2 Å². The number of aliphatic hydroxyl groups excluding tert-OH is 2. The number of carbonyl (C=O) groups is 1.